The third-order valence-corrected chi connectivity index (χ3v) is 7.44. The smallest absolute Gasteiger partial charge is 0.282 e. The Labute approximate surface area is 150 Å². The second-order valence-electron chi connectivity index (χ2n) is 7.24. The van der Waals surface area contributed by atoms with Crippen LogP contribution in [-0.2, 0) is 19.7 Å². The van der Waals surface area contributed by atoms with Crippen LogP contribution in [0.1, 0.15) is 26.7 Å². The average molecular weight is 375 g/mol. The van der Waals surface area contributed by atoms with Crippen molar-refractivity contribution in [2.24, 2.45) is 0 Å². The van der Waals surface area contributed by atoms with Gasteiger partial charge in [-0.15, -0.1) is 0 Å². The first-order chi connectivity index (χ1) is 11.9. The van der Waals surface area contributed by atoms with Crippen LogP contribution < -0.4 is 0 Å². The first kappa shape index (κ1) is 19.0. The molecule has 3 heterocycles. The Morgan fingerprint density at radius 1 is 0.960 bits per heavy atom. The summed E-state index contributed by atoms with van der Waals surface area (Å²) in [7, 11) is -3.41. The highest BCUT2D eigenvalue weighted by molar-refractivity contribution is 7.86. The molecule has 1 atom stereocenters. The number of rotatable bonds is 4. The monoisotopic (exact) mass is 374 g/mol. The van der Waals surface area contributed by atoms with E-state index in [1.165, 1.54) is 4.31 Å². The molecular formula is C16H30N4O4S. The molecule has 0 saturated carbocycles. The van der Waals surface area contributed by atoms with E-state index in [0.29, 0.717) is 52.5 Å². The number of piperidine rings is 1. The van der Waals surface area contributed by atoms with Crippen molar-refractivity contribution in [3.8, 4) is 0 Å². The summed E-state index contributed by atoms with van der Waals surface area (Å²) in [5.41, 5.74) is 0. The molecule has 144 valence electrons. The van der Waals surface area contributed by atoms with Gasteiger partial charge in [0.25, 0.3) is 10.2 Å². The second kappa shape index (κ2) is 7.87. The molecule has 3 rings (SSSR count). The molecule has 0 aromatic rings. The lowest BCUT2D eigenvalue weighted by Gasteiger charge is -2.44. The summed E-state index contributed by atoms with van der Waals surface area (Å²) in [5, 5.41) is 0. The third kappa shape index (κ3) is 4.00. The Bertz CT molecular complexity index is 569. The zero-order valence-corrected chi connectivity index (χ0v) is 16.1. The van der Waals surface area contributed by atoms with E-state index in [9.17, 15) is 13.2 Å². The lowest BCUT2D eigenvalue weighted by atomic mass is 10.0. The Hall–Kier alpha value is -0.740. The van der Waals surface area contributed by atoms with E-state index < -0.39 is 10.2 Å². The summed E-state index contributed by atoms with van der Waals surface area (Å²) in [6, 6.07) is 0.127. The zero-order chi connectivity index (χ0) is 18.0. The molecule has 0 bridgehead atoms. The molecular weight excluding hydrogens is 344 g/mol. The number of morpholine rings is 1. The van der Waals surface area contributed by atoms with Crippen molar-refractivity contribution in [3.63, 3.8) is 0 Å². The minimum absolute atomic E-state index is 0.0932. The van der Waals surface area contributed by atoms with Gasteiger partial charge in [0, 0.05) is 51.9 Å². The van der Waals surface area contributed by atoms with Crippen molar-refractivity contribution < 1.29 is 17.9 Å². The minimum Gasteiger partial charge on any atom is -0.379 e. The number of hydrogen-bond donors (Lipinski definition) is 0. The Balaban J connectivity index is 1.59. The Morgan fingerprint density at radius 3 is 2.16 bits per heavy atom. The lowest BCUT2D eigenvalue weighted by molar-refractivity contribution is -0.142. The molecule has 9 heteroatoms. The predicted molar refractivity (Wildman–Crippen MR) is 94.3 cm³/mol. The second-order valence-corrected chi connectivity index (χ2v) is 9.17. The maximum atomic E-state index is 12.7. The molecule has 3 fully saturated rings. The lowest BCUT2D eigenvalue weighted by Crippen LogP contribution is -2.60. The van der Waals surface area contributed by atoms with E-state index in [2.05, 4.69) is 4.90 Å². The van der Waals surface area contributed by atoms with Crippen LogP contribution in [-0.4, -0.2) is 104 Å². The van der Waals surface area contributed by atoms with Gasteiger partial charge in [0.05, 0.1) is 19.3 Å². The molecule has 0 aromatic carbocycles. The molecule has 0 N–H and O–H groups in total. The van der Waals surface area contributed by atoms with Crippen LogP contribution in [0.5, 0.6) is 0 Å². The third-order valence-electron chi connectivity index (χ3n) is 5.40. The largest absolute Gasteiger partial charge is 0.379 e. The summed E-state index contributed by atoms with van der Waals surface area (Å²) in [4.78, 5) is 16.8. The Morgan fingerprint density at radius 2 is 1.56 bits per heavy atom. The van der Waals surface area contributed by atoms with E-state index in [-0.39, 0.29) is 18.0 Å². The molecule has 0 unspecified atom stereocenters. The van der Waals surface area contributed by atoms with Gasteiger partial charge in [-0.1, -0.05) is 0 Å². The highest BCUT2D eigenvalue weighted by Crippen LogP contribution is 2.22. The van der Waals surface area contributed by atoms with Gasteiger partial charge >= 0.3 is 0 Å². The van der Waals surface area contributed by atoms with E-state index in [4.69, 9.17) is 4.74 Å². The van der Waals surface area contributed by atoms with Crippen molar-refractivity contribution in [3.05, 3.63) is 0 Å². The predicted octanol–water partition coefficient (Wildman–Crippen LogP) is -0.420. The van der Waals surface area contributed by atoms with Gasteiger partial charge in [0.1, 0.15) is 0 Å². The fourth-order valence-electron chi connectivity index (χ4n) is 3.92. The van der Waals surface area contributed by atoms with Gasteiger partial charge in [-0.3, -0.25) is 9.69 Å². The highest BCUT2D eigenvalue weighted by Gasteiger charge is 2.38. The summed E-state index contributed by atoms with van der Waals surface area (Å²) in [6.45, 7) is 8.83. The summed E-state index contributed by atoms with van der Waals surface area (Å²) in [5.74, 6) is 0.200. The van der Waals surface area contributed by atoms with Crippen molar-refractivity contribution in [1.82, 2.24) is 18.4 Å². The van der Waals surface area contributed by atoms with Crippen LogP contribution in [0.25, 0.3) is 0 Å². The van der Waals surface area contributed by atoms with Crippen LogP contribution in [0.15, 0.2) is 0 Å². The topological polar surface area (TPSA) is 73.4 Å². The fraction of sp³-hybridized carbons (Fsp3) is 0.938. The Kier molecular flexibility index (Phi) is 5.99. The molecule has 3 aliphatic heterocycles. The summed E-state index contributed by atoms with van der Waals surface area (Å²) >= 11 is 0. The van der Waals surface area contributed by atoms with Gasteiger partial charge in [0.15, 0.2) is 0 Å². The standard InChI is InChI=1S/C16H30N4O4S/c1-14(2)20-5-3-4-15(16(20)21)17-6-8-18(9-7-17)25(22,23)19-10-12-24-13-11-19/h14-15H,3-13H2,1-2H3/t15-/m0/s1. The van der Waals surface area contributed by atoms with Crippen LogP contribution in [0.3, 0.4) is 0 Å². The molecule has 3 saturated heterocycles. The molecule has 0 radical (unpaired) electrons. The van der Waals surface area contributed by atoms with E-state index in [1.807, 2.05) is 18.7 Å². The molecule has 0 spiro atoms. The highest BCUT2D eigenvalue weighted by atomic mass is 32.2. The molecule has 25 heavy (non-hydrogen) atoms. The van der Waals surface area contributed by atoms with Crippen molar-refractivity contribution in [2.45, 2.75) is 38.8 Å². The number of ether oxygens (including phenoxy) is 1. The quantitative estimate of drug-likeness (QED) is 0.668. The SMILES string of the molecule is CC(C)N1CCC[C@H](N2CCN(S(=O)(=O)N3CCOCC3)CC2)C1=O. The first-order valence-corrected chi connectivity index (χ1v) is 10.7. The van der Waals surface area contributed by atoms with Gasteiger partial charge < -0.3 is 9.64 Å². The maximum Gasteiger partial charge on any atom is 0.282 e. The normalized spacial score (nSPS) is 28.7. The van der Waals surface area contributed by atoms with Gasteiger partial charge in [-0.05, 0) is 26.7 Å². The van der Waals surface area contributed by atoms with E-state index in [1.54, 1.807) is 4.31 Å². The van der Waals surface area contributed by atoms with Gasteiger partial charge in [-0.2, -0.15) is 17.0 Å². The molecule has 0 aromatic heterocycles. The maximum absolute atomic E-state index is 12.7. The van der Waals surface area contributed by atoms with Crippen LogP contribution in [0.4, 0.5) is 0 Å². The number of nitrogens with zero attached hydrogens (tertiary/aromatic N) is 4. The van der Waals surface area contributed by atoms with Crippen molar-refractivity contribution >= 4 is 16.1 Å². The van der Waals surface area contributed by atoms with Crippen molar-refractivity contribution in [2.75, 3.05) is 59.0 Å². The number of likely N-dealkylation sites (tertiary alicyclic amines) is 1. The number of hydrogen-bond acceptors (Lipinski definition) is 5. The molecule has 1 amide bonds. The van der Waals surface area contributed by atoms with Crippen LogP contribution in [0, 0.1) is 0 Å². The zero-order valence-electron chi connectivity index (χ0n) is 15.3. The van der Waals surface area contributed by atoms with Gasteiger partial charge in [0.2, 0.25) is 5.91 Å². The number of carbonyl (C=O) groups is 1. The average Bonchev–Trinajstić information content (AvgIpc) is 2.62. The van der Waals surface area contributed by atoms with Gasteiger partial charge in [-0.25, -0.2) is 0 Å². The fourth-order valence-corrected chi connectivity index (χ4v) is 5.48. The molecule has 8 nitrogen and oxygen atoms in total. The van der Waals surface area contributed by atoms with E-state index >= 15 is 0 Å². The van der Waals surface area contributed by atoms with E-state index in [0.717, 1.165) is 19.4 Å². The van der Waals surface area contributed by atoms with Crippen molar-refractivity contribution in [1.29, 1.82) is 0 Å². The number of amides is 1. The molecule has 3 aliphatic rings. The number of piperazine rings is 1. The van der Waals surface area contributed by atoms with Crippen LogP contribution >= 0.6 is 0 Å². The first-order valence-electron chi connectivity index (χ1n) is 9.29. The number of carbonyl (C=O) groups excluding carboxylic acids is 1. The van der Waals surface area contributed by atoms with Crippen LogP contribution in [0.2, 0.25) is 0 Å². The summed E-state index contributed by atoms with van der Waals surface area (Å²) in [6.07, 6.45) is 1.89. The minimum atomic E-state index is -3.41. The summed E-state index contributed by atoms with van der Waals surface area (Å²) < 4.78 is 33.8. The molecule has 0 aliphatic carbocycles.